The fourth-order valence-corrected chi connectivity index (χ4v) is 2.97. The van der Waals surface area contributed by atoms with Crippen LogP contribution in [0, 0.1) is 12.8 Å². The summed E-state index contributed by atoms with van der Waals surface area (Å²) >= 11 is 0. The number of piperidine rings is 1. The van der Waals surface area contributed by atoms with Gasteiger partial charge in [0.1, 0.15) is 5.69 Å². The van der Waals surface area contributed by atoms with E-state index < -0.39 is 0 Å². The molecule has 1 amide bonds. The maximum atomic E-state index is 12.6. The highest BCUT2D eigenvalue weighted by molar-refractivity contribution is 5.93. The monoisotopic (exact) mass is 263 g/mol. The van der Waals surface area contributed by atoms with Crippen LogP contribution in [-0.2, 0) is 7.05 Å². The molecule has 0 aliphatic carbocycles. The van der Waals surface area contributed by atoms with E-state index >= 15 is 0 Å². The summed E-state index contributed by atoms with van der Waals surface area (Å²) in [5.74, 6) is 0.841. The minimum Gasteiger partial charge on any atom is -0.344 e. The Balaban J connectivity index is 2.16. The van der Waals surface area contributed by atoms with E-state index in [0.29, 0.717) is 12.5 Å². The van der Waals surface area contributed by atoms with E-state index in [0.717, 1.165) is 30.8 Å². The zero-order chi connectivity index (χ0) is 14.0. The summed E-state index contributed by atoms with van der Waals surface area (Å²) in [6, 6.07) is 4.10. The lowest BCUT2D eigenvalue weighted by Crippen LogP contribution is -2.49. The first-order valence-electron chi connectivity index (χ1n) is 7.21. The molecule has 2 rings (SSSR count). The highest BCUT2D eigenvalue weighted by atomic mass is 16.2. The molecule has 2 N–H and O–H groups in total. The molecule has 2 unspecified atom stereocenters. The van der Waals surface area contributed by atoms with Gasteiger partial charge in [0.05, 0.1) is 0 Å². The zero-order valence-electron chi connectivity index (χ0n) is 12.2. The molecule has 1 aromatic rings. The number of hydrogen-bond donors (Lipinski definition) is 1. The van der Waals surface area contributed by atoms with E-state index in [9.17, 15) is 4.79 Å². The number of nitrogens with zero attached hydrogens (tertiary/aromatic N) is 2. The molecular weight excluding hydrogens is 238 g/mol. The highest BCUT2D eigenvalue weighted by Crippen LogP contribution is 2.26. The van der Waals surface area contributed by atoms with E-state index in [1.54, 1.807) is 0 Å². The largest absolute Gasteiger partial charge is 0.344 e. The van der Waals surface area contributed by atoms with Crippen LogP contribution < -0.4 is 5.73 Å². The van der Waals surface area contributed by atoms with Gasteiger partial charge in [-0.1, -0.05) is 13.3 Å². The summed E-state index contributed by atoms with van der Waals surface area (Å²) in [7, 11) is 1.94. The van der Waals surface area contributed by atoms with E-state index in [1.165, 1.54) is 6.42 Å². The van der Waals surface area contributed by atoms with Crippen molar-refractivity contribution in [2.24, 2.45) is 18.7 Å². The molecule has 0 radical (unpaired) electrons. The van der Waals surface area contributed by atoms with Gasteiger partial charge in [0, 0.05) is 31.9 Å². The lowest BCUT2D eigenvalue weighted by atomic mass is 9.88. The van der Waals surface area contributed by atoms with Crippen LogP contribution in [0.3, 0.4) is 0 Å². The van der Waals surface area contributed by atoms with Crippen molar-refractivity contribution < 1.29 is 4.79 Å². The maximum absolute atomic E-state index is 12.6. The summed E-state index contributed by atoms with van der Waals surface area (Å²) in [4.78, 5) is 14.6. The molecule has 2 atom stereocenters. The van der Waals surface area contributed by atoms with Gasteiger partial charge < -0.3 is 15.2 Å². The minimum absolute atomic E-state index is 0.126. The van der Waals surface area contributed by atoms with Gasteiger partial charge in [-0.25, -0.2) is 0 Å². The number of hydrogen-bond acceptors (Lipinski definition) is 2. The number of aromatic nitrogens is 1. The Morgan fingerprint density at radius 1 is 1.47 bits per heavy atom. The number of likely N-dealkylation sites (tertiary alicyclic amines) is 1. The van der Waals surface area contributed by atoms with Crippen LogP contribution in [0.1, 0.15) is 42.4 Å². The van der Waals surface area contributed by atoms with Crippen molar-refractivity contribution in [1.82, 2.24) is 9.47 Å². The van der Waals surface area contributed by atoms with Gasteiger partial charge in [-0.2, -0.15) is 0 Å². The van der Waals surface area contributed by atoms with Crippen LogP contribution in [0.15, 0.2) is 12.1 Å². The number of amides is 1. The van der Waals surface area contributed by atoms with Gasteiger partial charge in [-0.05, 0) is 37.8 Å². The van der Waals surface area contributed by atoms with Gasteiger partial charge in [-0.15, -0.1) is 0 Å². The van der Waals surface area contributed by atoms with Crippen molar-refractivity contribution in [2.45, 2.75) is 39.2 Å². The fourth-order valence-electron chi connectivity index (χ4n) is 2.97. The summed E-state index contributed by atoms with van der Waals surface area (Å²) in [5.41, 5.74) is 7.75. The Kier molecular flexibility index (Phi) is 4.30. The molecule has 1 aliphatic heterocycles. The first-order chi connectivity index (χ1) is 9.08. The molecule has 0 spiro atoms. The van der Waals surface area contributed by atoms with Crippen LogP contribution in [-0.4, -0.2) is 34.5 Å². The molecule has 1 aromatic heterocycles. The summed E-state index contributed by atoms with van der Waals surface area (Å²) in [5, 5.41) is 0. The Labute approximate surface area is 115 Å². The Hall–Kier alpha value is -1.29. The molecule has 1 saturated heterocycles. The Morgan fingerprint density at radius 3 is 2.74 bits per heavy atom. The summed E-state index contributed by atoms with van der Waals surface area (Å²) in [6.45, 7) is 5.63. The predicted molar refractivity (Wildman–Crippen MR) is 77.0 cm³/mol. The molecule has 2 heterocycles. The lowest BCUT2D eigenvalue weighted by molar-refractivity contribution is 0.0548. The van der Waals surface area contributed by atoms with Gasteiger partial charge in [0.15, 0.2) is 0 Å². The van der Waals surface area contributed by atoms with E-state index in [2.05, 4.69) is 6.92 Å². The second kappa shape index (κ2) is 5.78. The third-order valence-corrected chi connectivity index (χ3v) is 4.53. The average Bonchev–Trinajstić information content (AvgIpc) is 2.77. The molecule has 4 nitrogen and oxygen atoms in total. The Bertz CT molecular complexity index is 452. The number of aryl methyl sites for hydroxylation is 1. The first kappa shape index (κ1) is 14.1. The van der Waals surface area contributed by atoms with Crippen LogP contribution >= 0.6 is 0 Å². The van der Waals surface area contributed by atoms with Crippen molar-refractivity contribution in [3.05, 3.63) is 23.5 Å². The zero-order valence-corrected chi connectivity index (χ0v) is 12.2. The van der Waals surface area contributed by atoms with Crippen molar-refractivity contribution in [3.63, 3.8) is 0 Å². The third-order valence-electron chi connectivity index (χ3n) is 4.53. The van der Waals surface area contributed by atoms with Gasteiger partial charge in [0.2, 0.25) is 0 Å². The quantitative estimate of drug-likeness (QED) is 0.906. The van der Waals surface area contributed by atoms with Crippen molar-refractivity contribution >= 4 is 5.91 Å². The fraction of sp³-hybridized carbons (Fsp3) is 0.667. The van der Waals surface area contributed by atoms with Gasteiger partial charge in [-0.3, -0.25) is 4.79 Å². The SMILES string of the molecule is CCC1CCN(C(=O)c2ccc(C)n2C)C(CN)C1. The number of rotatable bonds is 3. The van der Waals surface area contributed by atoms with E-state index in [-0.39, 0.29) is 11.9 Å². The van der Waals surface area contributed by atoms with Crippen molar-refractivity contribution in [3.8, 4) is 0 Å². The maximum Gasteiger partial charge on any atom is 0.270 e. The number of carbonyl (C=O) groups is 1. The minimum atomic E-state index is 0.126. The van der Waals surface area contributed by atoms with Crippen molar-refractivity contribution in [1.29, 1.82) is 0 Å². The number of nitrogens with two attached hydrogens (primary N) is 1. The molecule has 4 heteroatoms. The smallest absolute Gasteiger partial charge is 0.270 e. The third kappa shape index (κ3) is 2.68. The second-order valence-electron chi connectivity index (χ2n) is 5.61. The van der Waals surface area contributed by atoms with E-state index in [1.807, 2.05) is 35.6 Å². The van der Waals surface area contributed by atoms with Gasteiger partial charge >= 0.3 is 0 Å². The standard InChI is InChI=1S/C15H25N3O/c1-4-12-7-8-18(13(9-12)10-16)15(19)14-6-5-11(2)17(14)3/h5-6,12-13H,4,7-10,16H2,1-3H3. The predicted octanol–water partition coefficient (Wildman–Crippen LogP) is 1.92. The molecule has 0 aromatic carbocycles. The Morgan fingerprint density at radius 2 is 2.21 bits per heavy atom. The van der Waals surface area contributed by atoms with Crippen LogP contribution in [0.4, 0.5) is 0 Å². The van der Waals surface area contributed by atoms with Crippen LogP contribution in [0.25, 0.3) is 0 Å². The second-order valence-corrected chi connectivity index (χ2v) is 5.61. The van der Waals surface area contributed by atoms with Crippen LogP contribution in [0.5, 0.6) is 0 Å². The topological polar surface area (TPSA) is 51.3 Å². The summed E-state index contributed by atoms with van der Waals surface area (Å²) in [6.07, 6.45) is 3.33. The lowest BCUT2D eigenvalue weighted by Gasteiger charge is -2.38. The van der Waals surface area contributed by atoms with Crippen molar-refractivity contribution in [2.75, 3.05) is 13.1 Å². The molecular formula is C15H25N3O. The summed E-state index contributed by atoms with van der Waals surface area (Å²) < 4.78 is 1.96. The van der Waals surface area contributed by atoms with E-state index in [4.69, 9.17) is 5.73 Å². The number of carbonyl (C=O) groups excluding carboxylic acids is 1. The highest BCUT2D eigenvalue weighted by Gasteiger charge is 2.31. The molecule has 0 bridgehead atoms. The molecule has 1 fully saturated rings. The molecule has 0 saturated carbocycles. The molecule has 106 valence electrons. The normalized spacial score (nSPS) is 23.7. The first-order valence-corrected chi connectivity index (χ1v) is 7.21. The van der Waals surface area contributed by atoms with Crippen LogP contribution in [0.2, 0.25) is 0 Å². The molecule has 19 heavy (non-hydrogen) atoms. The molecule has 1 aliphatic rings. The average molecular weight is 263 g/mol. The van der Waals surface area contributed by atoms with Gasteiger partial charge in [0.25, 0.3) is 5.91 Å².